The van der Waals surface area contributed by atoms with Crippen molar-refractivity contribution in [3.8, 4) is 0 Å². The minimum atomic E-state index is -3.71. The lowest BCUT2D eigenvalue weighted by Gasteiger charge is -2.08. The van der Waals surface area contributed by atoms with Gasteiger partial charge in [-0.2, -0.15) is 0 Å². The summed E-state index contributed by atoms with van der Waals surface area (Å²) in [5.41, 5.74) is 0.267. The van der Waals surface area contributed by atoms with Crippen LogP contribution in [0.15, 0.2) is 51.8 Å². The van der Waals surface area contributed by atoms with Crippen LogP contribution < -0.4 is 4.72 Å². The molecular formula is C12H8BrClFNO2S. The molecule has 19 heavy (non-hydrogen) atoms. The van der Waals surface area contributed by atoms with E-state index < -0.39 is 15.8 Å². The van der Waals surface area contributed by atoms with Crippen LogP contribution in [0.2, 0.25) is 5.02 Å². The normalized spacial score (nSPS) is 11.3. The average molecular weight is 365 g/mol. The van der Waals surface area contributed by atoms with Gasteiger partial charge in [-0.05, 0) is 58.4 Å². The molecule has 0 saturated heterocycles. The fraction of sp³-hybridized carbons (Fsp3) is 0. The maximum atomic E-state index is 13.1. The Bertz CT molecular complexity index is 704. The summed E-state index contributed by atoms with van der Waals surface area (Å²) < 4.78 is 39.7. The van der Waals surface area contributed by atoms with Crippen molar-refractivity contribution >= 4 is 43.2 Å². The van der Waals surface area contributed by atoms with Crippen molar-refractivity contribution in [3.63, 3.8) is 0 Å². The van der Waals surface area contributed by atoms with Gasteiger partial charge in [0, 0.05) is 5.02 Å². The molecule has 0 aliphatic rings. The maximum Gasteiger partial charge on any atom is 0.261 e. The molecular weight excluding hydrogens is 357 g/mol. The van der Waals surface area contributed by atoms with Crippen LogP contribution in [0.1, 0.15) is 0 Å². The zero-order valence-corrected chi connectivity index (χ0v) is 12.6. The summed E-state index contributed by atoms with van der Waals surface area (Å²) in [5.74, 6) is -0.463. The molecule has 0 radical (unpaired) electrons. The zero-order valence-electron chi connectivity index (χ0n) is 9.40. The smallest absolute Gasteiger partial charge is 0.261 e. The Morgan fingerprint density at radius 1 is 1.11 bits per heavy atom. The Hall–Kier alpha value is -1.11. The summed E-state index contributed by atoms with van der Waals surface area (Å²) in [5, 5.41) is 0.448. The fourth-order valence-electron chi connectivity index (χ4n) is 1.39. The zero-order chi connectivity index (χ0) is 14.0. The molecule has 0 heterocycles. The van der Waals surface area contributed by atoms with Gasteiger partial charge in [-0.25, -0.2) is 12.8 Å². The Morgan fingerprint density at radius 3 is 2.32 bits per heavy atom. The molecule has 1 N–H and O–H groups in total. The molecule has 0 fully saturated rings. The van der Waals surface area contributed by atoms with E-state index in [1.165, 1.54) is 42.5 Å². The maximum absolute atomic E-state index is 13.1. The van der Waals surface area contributed by atoms with Crippen molar-refractivity contribution in [2.24, 2.45) is 0 Å². The van der Waals surface area contributed by atoms with Crippen LogP contribution in [0.25, 0.3) is 0 Å². The SMILES string of the molecule is O=S(=O)(Nc1ccc(F)c(Br)c1)c1ccc(Cl)cc1. The van der Waals surface area contributed by atoms with E-state index in [1.54, 1.807) is 0 Å². The van der Waals surface area contributed by atoms with Gasteiger partial charge in [0.25, 0.3) is 10.0 Å². The molecule has 0 aromatic heterocycles. The van der Waals surface area contributed by atoms with Gasteiger partial charge in [-0.1, -0.05) is 11.6 Å². The lowest BCUT2D eigenvalue weighted by molar-refractivity contribution is 0.601. The molecule has 0 amide bonds. The number of nitrogens with one attached hydrogen (secondary N) is 1. The molecule has 2 aromatic carbocycles. The van der Waals surface area contributed by atoms with Crippen LogP contribution in [-0.2, 0) is 10.0 Å². The molecule has 100 valence electrons. The molecule has 2 aromatic rings. The lowest BCUT2D eigenvalue weighted by atomic mass is 10.3. The monoisotopic (exact) mass is 363 g/mol. The highest BCUT2D eigenvalue weighted by Gasteiger charge is 2.14. The summed E-state index contributed by atoms with van der Waals surface area (Å²) >= 11 is 8.69. The Kier molecular flexibility index (Phi) is 4.13. The lowest BCUT2D eigenvalue weighted by Crippen LogP contribution is -2.12. The van der Waals surface area contributed by atoms with Gasteiger partial charge in [0.15, 0.2) is 0 Å². The van der Waals surface area contributed by atoms with Crippen molar-refractivity contribution in [2.75, 3.05) is 4.72 Å². The van der Waals surface area contributed by atoms with Crippen LogP contribution in [-0.4, -0.2) is 8.42 Å². The van der Waals surface area contributed by atoms with E-state index in [2.05, 4.69) is 20.7 Å². The number of sulfonamides is 1. The molecule has 0 atom stereocenters. The quantitative estimate of drug-likeness (QED) is 0.893. The van der Waals surface area contributed by atoms with Crippen LogP contribution in [0, 0.1) is 5.82 Å². The van der Waals surface area contributed by atoms with Gasteiger partial charge >= 0.3 is 0 Å². The van der Waals surface area contributed by atoms with E-state index in [9.17, 15) is 12.8 Å². The third kappa shape index (κ3) is 3.46. The summed E-state index contributed by atoms with van der Waals surface area (Å²) in [6.45, 7) is 0. The number of benzene rings is 2. The fourth-order valence-corrected chi connectivity index (χ4v) is 2.94. The molecule has 0 spiro atoms. The summed E-state index contributed by atoms with van der Waals surface area (Å²) in [6.07, 6.45) is 0. The molecule has 3 nitrogen and oxygen atoms in total. The second-order valence-electron chi connectivity index (χ2n) is 3.69. The van der Waals surface area contributed by atoms with Gasteiger partial charge in [0.1, 0.15) is 5.82 Å². The second-order valence-corrected chi connectivity index (χ2v) is 6.66. The molecule has 0 aliphatic heterocycles. The summed E-state index contributed by atoms with van der Waals surface area (Å²) in [7, 11) is -3.71. The van der Waals surface area contributed by atoms with Crippen molar-refractivity contribution in [1.82, 2.24) is 0 Å². The molecule has 7 heteroatoms. The molecule has 0 bridgehead atoms. The van der Waals surface area contributed by atoms with Crippen molar-refractivity contribution in [1.29, 1.82) is 0 Å². The van der Waals surface area contributed by atoms with E-state index in [-0.39, 0.29) is 15.1 Å². The second kappa shape index (κ2) is 5.48. The van der Waals surface area contributed by atoms with E-state index in [1.807, 2.05) is 0 Å². The number of hydrogen-bond donors (Lipinski definition) is 1. The number of hydrogen-bond acceptors (Lipinski definition) is 2. The molecule has 0 unspecified atom stereocenters. The summed E-state index contributed by atoms with van der Waals surface area (Å²) in [6, 6.07) is 9.61. The molecule has 2 rings (SSSR count). The van der Waals surface area contributed by atoms with Crippen molar-refractivity contribution < 1.29 is 12.8 Å². The molecule has 0 aliphatic carbocycles. The topological polar surface area (TPSA) is 46.2 Å². The van der Waals surface area contributed by atoms with Crippen molar-refractivity contribution in [3.05, 3.63) is 57.8 Å². The third-order valence-electron chi connectivity index (χ3n) is 2.30. The Labute approximate surface area is 123 Å². The minimum Gasteiger partial charge on any atom is -0.280 e. The van der Waals surface area contributed by atoms with E-state index in [0.29, 0.717) is 5.02 Å². The standard InChI is InChI=1S/C12H8BrClFNO2S/c13-11-7-9(3-6-12(11)15)16-19(17,18)10-4-1-8(14)2-5-10/h1-7,16H. The van der Waals surface area contributed by atoms with E-state index >= 15 is 0 Å². The number of halogens is 3. The summed E-state index contributed by atoms with van der Waals surface area (Å²) in [4.78, 5) is 0.0809. The minimum absolute atomic E-state index is 0.0809. The highest BCUT2D eigenvalue weighted by atomic mass is 79.9. The predicted molar refractivity (Wildman–Crippen MR) is 76.4 cm³/mol. The van der Waals surface area contributed by atoms with Crippen LogP contribution in [0.5, 0.6) is 0 Å². The Balaban J connectivity index is 2.30. The number of anilines is 1. The highest BCUT2D eigenvalue weighted by Crippen LogP contribution is 2.23. The van der Waals surface area contributed by atoms with Crippen LogP contribution in [0.4, 0.5) is 10.1 Å². The first-order valence-corrected chi connectivity index (χ1v) is 7.77. The van der Waals surface area contributed by atoms with Gasteiger partial charge in [0.2, 0.25) is 0 Å². The first-order valence-electron chi connectivity index (χ1n) is 5.12. The van der Waals surface area contributed by atoms with Crippen LogP contribution >= 0.6 is 27.5 Å². The molecule has 0 saturated carbocycles. The third-order valence-corrected chi connectivity index (χ3v) is 4.55. The predicted octanol–water partition coefficient (Wildman–Crippen LogP) is 4.04. The van der Waals surface area contributed by atoms with Gasteiger partial charge in [-0.3, -0.25) is 4.72 Å². The Morgan fingerprint density at radius 2 is 1.74 bits per heavy atom. The van der Waals surface area contributed by atoms with Gasteiger partial charge < -0.3 is 0 Å². The first kappa shape index (κ1) is 14.3. The van der Waals surface area contributed by atoms with Crippen LogP contribution in [0.3, 0.4) is 0 Å². The van der Waals surface area contributed by atoms with Crippen molar-refractivity contribution in [2.45, 2.75) is 4.90 Å². The average Bonchev–Trinajstić information content (AvgIpc) is 2.34. The van der Waals surface area contributed by atoms with E-state index in [0.717, 1.165) is 0 Å². The van der Waals surface area contributed by atoms with E-state index in [4.69, 9.17) is 11.6 Å². The van der Waals surface area contributed by atoms with Gasteiger partial charge in [-0.15, -0.1) is 0 Å². The highest BCUT2D eigenvalue weighted by molar-refractivity contribution is 9.10. The van der Waals surface area contributed by atoms with Gasteiger partial charge in [0.05, 0.1) is 15.1 Å². The number of rotatable bonds is 3. The first-order chi connectivity index (χ1) is 8.88. The largest absolute Gasteiger partial charge is 0.280 e.